The molecule has 1 aromatic heterocycles. The number of hydrogen-bond acceptors (Lipinski definition) is 6. The smallest absolute Gasteiger partial charge is 0.240 e. The van der Waals surface area contributed by atoms with Crippen LogP contribution < -0.4 is 5.32 Å². The van der Waals surface area contributed by atoms with E-state index in [0.29, 0.717) is 24.4 Å². The molecule has 9 nitrogen and oxygen atoms in total. The van der Waals surface area contributed by atoms with E-state index in [1.54, 1.807) is 13.3 Å². The lowest BCUT2D eigenvalue weighted by Gasteiger charge is -2.48. The minimum Gasteiger partial charge on any atom is -0.341 e. The van der Waals surface area contributed by atoms with Gasteiger partial charge in [0.15, 0.2) is 0 Å². The number of piperazine rings is 1. The average molecular weight is 638 g/mol. The number of halogens is 1. The summed E-state index contributed by atoms with van der Waals surface area (Å²) in [6, 6.07) is 8.64. The molecule has 2 aromatic rings. The van der Waals surface area contributed by atoms with Gasteiger partial charge in [0.2, 0.25) is 11.8 Å². The van der Waals surface area contributed by atoms with Crippen LogP contribution in [0, 0.1) is 11.3 Å². The molecule has 2 saturated heterocycles. The Morgan fingerprint density at radius 1 is 0.911 bits per heavy atom. The number of nitrogens with one attached hydrogen (secondary N) is 1. The summed E-state index contributed by atoms with van der Waals surface area (Å²) in [6.45, 7) is 7.79. The van der Waals surface area contributed by atoms with E-state index in [1.165, 1.54) is 32.1 Å². The molecule has 10 heteroatoms. The lowest BCUT2D eigenvalue weighted by Crippen LogP contribution is -2.56. The fourth-order valence-corrected chi connectivity index (χ4v) is 8.93. The fourth-order valence-electron chi connectivity index (χ4n) is 8.81. The van der Waals surface area contributed by atoms with Gasteiger partial charge in [0, 0.05) is 69.8 Å². The molecule has 2 aliphatic carbocycles. The topological polar surface area (TPSA) is 86.6 Å². The van der Waals surface area contributed by atoms with Crippen molar-refractivity contribution in [2.75, 3.05) is 39.3 Å². The minimum absolute atomic E-state index is 0.179. The van der Waals surface area contributed by atoms with Gasteiger partial charge in [-0.3, -0.25) is 19.2 Å². The first-order valence-electron chi connectivity index (χ1n) is 17.5. The van der Waals surface area contributed by atoms with Gasteiger partial charge in [-0.05, 0) is 86.8 Å². The Hall–Kier alpha value is -2.49. The van der Waals surface area contributed by atoms with Crippen molar-refractivity contribution in [3.8, 4) is 0 Å². The molecule has 2 aliphatic heterocycles. The van der Waals surface area contributed by atoms with Gasteiger partial charge < -0.3 is 15.1 Å². The number of piperidine rings is 1. The van der Waals surface area contributed by atoms with Gasteiger partial charge in [-0.15, -0.1) is 0 Å². The molecule has 3 heterocycles. The van der Waals surface area contributed by atoms with Crippen LogP contribution in [-0.2, 0) is 22.6 Å². The quantitative estimate of drug-likeness (QED) is 0.425. The molecular formula is C35H52ClN7O2. The molecule has 45 heavy (non-hydrogen) atoms. The zero-order chi connectivity index (χ0) is 31.2. The first-order valence-corrected chi connectivity index (χ1v) is 17.9. The summed E-state index contributed by atoms with van der Waals surface area (Å²) in [6.07, 6.45) is 17.2. The van der Waals surface area contributed by atoms with Crippen LogP contribution in [0.2, 0.25) is 5.02 Å². The summed E-state index contributed by atoms with van der Waals surface area (Å²) in [7, 11) is 0. The van der Waals surface area contributed by atoms with Crippen molar-refractivity contribution >= 4 is 23.4 Å². The molecule has 1 atom stereocenters. The van der Waals surface area contributed by atoms with Crippen molar-refractivity contribution in [3.05, 3.63) is 47.5 Å². The van der Waals surface area contributed by atoms with E-state index in [-0.39, 0.29) is 23.3 Å². The summed E-state index contributed by atoms with van der Waals surface area (Å²) >= 11 is 6.21. The number of nitrogens with zero attached hydrogens (tertiary/aromatic N) is 6. The summed E-state index contributed by atoms with van der Waals surface area (Å²) in [5.74, 6) is 1.12. The van der Waals surface area contributed by atoms with E-state index in [2.05, 4.69) is 37.3 Å². The van der Waals surface area contributed by atoms with Crippen molar-refractivity contribution in [2.24, 2.45) is 11.3 Å². The Balaban J connectivity index is 1.09. The van der Waals surface area contributed by atoms with Gasteiger partial charge in [0.05, 0.1) is 6.04 Å². The second-order valence-corrected chi connectivity index (χ2v) is 14.6. The van der Waals surface area contributed by atoms with Crippen molar-refractivity contribution < 1.29 is 9.59 Å². The molecule has 2 amide bonds. The molecule has 1 aromatic carbocycles. The van der Waals surface area contributed by atoms with Crippen LogP contribution in [0.5, 0.6) is 0 Å². The number of likely N-dealkylation sites (tertiary alicyclic amines) is 1. The lowest BCUT2D eigenvalue weighted by molar-refractivity contribution is -0.137. The van der Waals surface area contributed by atoms with E-state index < -0.39 is 0 Å². The molecule has 0 spiro atoms. The highest BCUT2D eigenvalue weighted by Crippen LogP contribution is 2.47. The third-order valence-electron chi connectivity index (χ3n) is 11.5. The van der Waals surface area contributed by atoms with Crippen LogP contribution in [-0.4, -0.2) is 98.7 Å². The highest BCUT2D eigenvalue weighted by Gasteiger charge is 2.44. The molecule has 4 fully saturated rings. The molecule has 4 aliphatic rings. The normalized spacial score (nSPS) is 25.6. The van der Waals surface area contributed by atoms with Crippen LogP contribution in [0.15, 0.2) is 36.9 Å². The lowest BCUT2D eigenvalue weighted by atomic mass is 9.63. The standard InChI is InChI=1S/C35H52ClN7O2/c1-27(44)40-19-21-41(22-20-40)32-13-11-31(12-14-32)39-33(23-28-7-9-30(36)10-8-28)34(45)42-17-15-35(16-18-42,24-43-26-37-25-38-43)29-5-3-2-4-6-29/h7-10,25-26,29,31-33,39H,2-6,11-24H2,1H3/t31-,32-,33-/m1/s1. The predicted molar refractivity (Wildman–Crippen MR) is 177 cm³/mol. The largest absolute Gasteiger partial charge is 0.341 e. The van der Waals surface area contributed by atoms with Crippen LogP contribution >= 0.6 is 11.6 Å². The van der Waals surface area contributed by atoms with Crippen LogP contribution in [0.1, 0.15) is 83.1 Å². The molecule has 1 N–H and O–H groups in total. The van der Waals surface area contributed by atoms with Gasteiger partial charge in [-0.25, -0.2) is 4.98 Å². The Labute approximate surface area is 274 Å². The van der Waals surface area contributed by atoms with Gasteiger partial charge in [0.25, 0.3) is 0 Å². The van der Waals surface area contributed by atoms with Crippen molar-refractivity contribution in [1.29, 1.82) is 0 Å². The maximum atomic E-state index is 14.3. The molecule has 246 valence electrons. The number of rotatable bonds is 9. The molecule has 0 unspecified atom stereocenters. The number of hydrogen-bond donors (Lipinski definition) is 1. The molecule has 0 radical (unpaired) electrons. The molecule has 6 rings (SSSR count). The maximum Gasteiger partial charge on any atom is 0.240 e. The summed E-state index contributed by atoms with van der Waals surface area (Å²) in [5.41, 5.74) is 1.32. The highest BCUT2D eigenvalue weighted by molar-refractivity contribution is 6.30. The van der Waals surface area contributed by atoms with E-state index >= 15 is 0 Å². The number of carbonyl (C=O) groups is 2. The monoisotopic (exact) mass is 637 g/mol. The van der Waals surface area contributed by atoms with Crippen LogP contribution in [0.4, 0.5) is 0 Å². The number of carbonyl (C=O) groups excluding carboxylic acids is 2. The Bertz CT molecular complexity index is 1230. The SMILES string of the molecule is CC(=O)N1CCN([C@H]2CC[C@H](N[C@H](Cc3ccc(Cl)cc3)C(=O)N3CCC(Cn4cncn4)(C4CCCCC4)CC3)CC2)CC1. The number of aromatic nitrogens is 3. The van der Waals surface area contributed by atoms with Crippen molar-refractivity contribution in [2.45, 2.75) is 109 Å². The van der Waals surface area contributed by atoms with E-state index in [4.69, 9.17) is 11.6 Å². The van der Waals surface area contributed by atoms with Crippen LogP contribution in [0.3, 0.4) is 0 Å². The fraction of sp³-hybridized carbons (Fsp3) is 0.714. The predicted octanol–water partition coefficient (Wildman–Crippen LogP) is 4.80. The maximum absolute atomic E-state index is 14.3. The zero-order valence-corrected chi connectivity index (χ0v) is 27.8. The van der Waals surface area contributed by atoms with Crippen LogP contribution in [0.25, 0.3) is 0 Å². The first-order chi connectivity index (χ1) is 21.9. The van der Waals surface area contributed by atoms with Gasteiger partial charge in [-0.1, -0.05) is 43.0 Å². The van der Waals surface area contributed by atoms with Gasteiger partial charge >= 0.3 is 0 Å². The molecule has 2 saturated carbocycles. The third-order valence-corrected chi connectivity index (χ3v) is 11.8. The highest BCUT2D eigenvalue weighted by atomic mass is 35.5. The van der Waals surface area contributed by atoms with E-state index in [1.807, 2.05) is 28.0 Å². The molecular weight excluding hydrogens is 586 g/mol. The van der Waals surface area contributed by atoms with E-state index in [0.717, 1.165) is 94.9 Å². The third kappa shape index (κ3) is 8.09. The second kappa shape index (κ2) is 14.9. The Morgan fingerprint density at radius 3 is 2.22 bits per heavy atom. The average Bonchev–Trinajstić information content (AvgIpc) is 3.59. The van der Waals surface area contributed by atoms with E-state index in [9.17, 15) is 9.59 Å². The summed E-state index contributed by atoms with van der Waals surface area (Å²) in [4.78, 5) is 37.0. The first kappa shape index (κ1) is 32.5. The van der Waals surface area contributed by atoms with Crippen molar-refractivity contribution in [3.63, 3.8) is 0 Å². The Kier molecular flexibility index (Phi) is 10.8. The molecule has 0 bridgehead atoms. The van der Waals surface area contributed by atoms with Crippen molar-refractivity contribution in [1.82, 2.24) is 34.8 Å². The summed E-state index contributed by atoms with van der Waals surface area (Å²) < 4.78 is 2.02. The number of benzene rings is 1. The summed E-state index contributed by atoms with van der Waals surface area (Å²) in [5, 5.41) is 9.07. The van der Waals surface area contributed by atoms with Gasteiger partial charge in [0.1, 0.15) is 12.7 Å². The Morgan fingerprint density at radius 2 is 1.60 bits per heavy atom. The number of amides is 2. The zero-order valence-electron chi connectivity index (χ0n) is 27.1. The van der Waals surface area contributed by atoms with Gasteiger partial charge in [-0.2, -0.15) is 5.10 Å². The minimum atomic E-state index is -0.246. The second-order valence-electron chi connectivity index (χ2n) is 14.2.